The molecule has 0 aromatic heterocycles. The van der Waals surface area contributed by atoms with Crippen LogP contribution in [0.5, 0.6) is 0 Å². The Balaban J connectivity index is 1.27. The molecule has 0 aliphatic heterocycles. The summed E-state index contributed by atoms with van der Waals surface area (Å²) in [4.78, 5) is 12.8. The Hall–Kier alpha value is -0.690. The minimum Gasteiger partial charge on any atom is -0.393 e. The van der Waals surface area contributed by atoms with E-state index in [2.05, 4.69) is 47.1 Å². The summed E-state index contributed by atoms with van der Waals surface area (Å²) in [5, 5.41) is 36.8. The summed E-state index contributed by atoms with van der Waals surface area (Å²) in [6.07, 6.45) is 13.1. The molecule has 11 atom stereocenters. The molecule has 4 unspecified atom stereocenters. The highest BCUT2D eigenvalue weighted by atomic mass is 16.3. The average Bonchev–Trinajstić information content (AvgIpc) is 3.28. The van der Waals surface area contributed by atoms with Crippen LogP contribution in [0, 0.1) is 46.3 Å². The van der Waals surface area contributed by atoms with Crippen LogP contribution < -0.4 is 5.32 Å². The first-order chi connectivity index (χ1) is 19.3. The number of hydrogen-bond donors (Lipinski definition) is 4. The molecular formula is C35H65N2O4+. The predicted octanol–water partition coefficient (Wildman–Crippen LogP) is 5.53. The van der Waals surface area contributed by atoms with Crippen LogP contribution in [0.25, 0.3) is 0 Å². The Morgan fingerprint density at radius 3 is 2.41 bits per heavy atom. The van der Waals surface area contributed by atoms with Crippen molar-refractivity contribution in [2.45, 2.75) is 136 Å². The van der Waals surface area contributed by atoms with Crippen molar-refractivity contribution in [3.63, 3.8) is 0 Å². The van der Waals surface area contributed by atoms with Gasteiger partial charge in [-0.25, -0.2) is 0 Å². The highest BCUT2D eigenvalue weighted by Gasteiger charge is 2.65. The first kappa shape index (κ1) is 33.2. The quantitative estimate of drug-likeness (QED) is 0.171. The molecule has 4 saturated carbocycles. The molecule has 0 spiro atoms. The lowest BCUT2D eigenvalue weighted by molar-refractivity contribution is -0.890. The molecule has 0 bridgehead atoms. The summed E-state index contributed by atoms with van der Waals surface area (Å²) in [7, 11) is 4.61. The Bertz CT molecular complexity index is 865. The summed E-state index contributed by atoms with van der Waals surface area (Å²) in [6.45, 7) is 12.3. The fourth-order valence-corrected chi connectivity index (χ4v) is 10.6. The van der Waals surface area contributed by atoms with E-state index in [4.69, 9.17) is 0 Å². The van der Waals surface area contributed by atoms with Crippen molar-refractivity contribution >= 4 is 5.91 Å². The maximum absolute atomic E-state index is 12.8. The molecule has 0 aromatic rings. The fourth-order valence-electron chi connectivity index (χ4n) is 10.6. The van der Waals surface area contributed by atoms with Crippen molar-refractivity contribution in [3.05, 3.63) is 0 Å². The second-order valence-corrected chi connectivity index (χ2v) is 16.2. The summed E-state index contributed by atoms with van der Waals surface area (Å²) in [5.74, 6) is 2.18. The fraction of sp³-hybridized carbons (Fsp3) is 0.971. The first-order valence-electron chi connectivity index (χ1n) is 17.5. The number of carbonyl (C=O) groups is 1. The third-order valence-electron chi connectivity index (χ3n) is 13.2. The predicted molar refractivity (Wildman–Crippen MR) is 166 cm³/mol. The minimum absolute atomic E-state index is 0.108. The van der Waals surface area contributed by atoms with Gasteiger partial charge in [-0.1, -0.05) is 40.5 Å². The molecule has 4 rings (SSSR count). The van der Waals surface area contributed by atoms with Crippen molar-refractivity contribution in [1.82, 2.24) is 5.32 Å². The standard InChI is InChI=1S/C35H64N2O4/c1-7-8-9-10-19-37(5,6)20-11-18-36-32(41)15-12-24(2)27-13-14-28-33-29(23-31(40)35(27,28)4)34(3)17-16-26(38)21-25(34)22-30(33)39/h24-31,33,38-40H,7-23H2,1-6H3/p+1/t24-,25?,26-,27-,28?,29?,30-,31+,33?,34+,35-/m1/s1. The SMILES string of the molecule is CCCCCC[N+](C)(C)CCCNC(=O)CC[C@@H](C)[C@H]1CCC2C3C(C[C@H](O)[C@@]21C)[C@@]1(C)CC[C@@H](O)CC1C[C@H]3O. The highest BCUT2D eigenvalue weighted by Crippen LogP contribution is 2.68. The normalized spacial score (nSPS) is 41.3. The van der Waals surface area contributed by atoms with Gasteiger partial charge in [0.25, 0.3) is 0 Å². The van der Waals surface area contributed by atoms with Crippen molar-refractivity contribution in [2.75, 3.05) is 33.7 Å². The van der Waals surface area contributed by atoms with Gasteiger partial charge in [0.2, 0.25) is 5.91 Å². The lowest BCUT2D eigenvalue weighted by Crippen LogP contribution is -2.62. The molecule has 4 N–H and O–H groups in total. The zero-order chi connectivity index (χ0) is 30.0. The van der Waals surface area contributed by atoms with E-state index in [0.29, 0.717) is 36.0 Å². The number of quaternary nitrogens is 1. The Kier molecular flexibility index (Phi) is 11.0. The molecule has 41 heavy (non-hydrogen) atoms. The lowest BCUT2D eigenvalue weighted by Gasteiger charge is -2.63. The van der Waals surface area contributed by atoms with Crippen LogP contribution in [0.1, 0.15) is 118 Å². The van der Waals surface area contributed by atoms with E-state index < -0.39 is 0 Å². The molecular weight excluding hydrogens is 512 g/mol. The number of nitrogens with zero attached hydrogens (tertiary/aromatic N) is 1. The van der Waals surface area contributed by atoms with Crippen molar-refractivity contribution in [3.8, 4) is 0 Å². The molecule has 4 fully saturated rings. The number of aliphatic hydroxyl groups is 3. The van der Waals surface area contributed by atoms with Gasteiger partial charge in [0, 0.05) is 19.4 Å². The van der Waals surface area contributed by atoms with Crippen LogP contribution in [0.15, 0.2) is 0 Å². The molecule has 4 aliphatic rings. The van der Waals surface area contributed by atoms with E-state index >= 15 is 0 Å². The first-order valence-corrected chi connectivity index (χ1v) is 17.5. The smallest absolute Gasteiger partial charge is 0.220 e. The van der Waals surface area contributed by atoms with Crippen molar-refractivity contribution in [1.29, 1.82) is 0 Å². The number of hydrogen-bond acceptors (Lipinski definition) is 4. The molecule has 6 nitrogen and oxygen atoms in total. The van der Waals surface area contributed by atoms with Gasteiger partial charge in [-0.2, -0.15) is 0 Å². The number of aliphatic hydroxyl groups excluding tert-OH is 3. The number of nitrogens with one attached hydrogen (secondary N) is 1. The largest absolute Gasteiger partial charge is 0.393 e. The van der Waals surface area contributed by atoms with E-state index in [1.165, 1.54) is 32.2 Å². The molecule has 0 saturated heterocycles. The van der Waals surface area contributed by atoms with Crippen molar-refractivity contribution < 1.29 is 24.6 Å². The van der Waals surface area contributed by atoms with E-state index in [-0.39, 0.29) is 41.0 Å². The Morgan fingerprint density at radius 2 is 1.68 bits per heavy atom. The second kappa shape index (κ2) is 13.5. The molecule has 0 heterocycles. The molecule has 4 aliphatic carbocycles. The number of unbranched alkanes of at least 4 members (excludes halogenated alkanes) is 3. The third kappa shape index (κ3) is 7.02. The van der Waals surface area contributed by atoms with Gasteiger partial charge in [0.1, 0.15) is 0 Å². The number of rotatable bonds is 13. The number of fused-ring (bicyclic) bond motifs is 5. The summed E-state index contributed by atoms with van der Waals surface area (Å²) in [5.41, 5.74) is -0.0909. The molecule has 0 radical (unpaired) electrons. The number of carbonyl (C=O) groups excluding carboxylic acids is 1. The van der Waals surface area contributed by atoms with Crippen LogP contribution in [-0.4, -0.2) is 77.8 Å². The van der Waals surface area contributed by atoms with Crippen molar-refractivity contribution in [2.24, 2.45) is 46.3 Å². The van der Waals surface area contributed by atoms with Gasteiger partial charge in [-0.15, -0.1) is 0 Å². The molecule has 0 aromatic carbocycles. The Labute approximate surface area is 251 Å². The highest BCUT2D eigenvalue weighted by molar-refractivity contribution is 5.75. The number of amides is 1. The maximum atomic E-state index is 12.8. The molecule has 238 valence electrons. The summed E-state index contributed by atoms with van der Waals surface area (Å²) < 4.78 is 1.03. The van der Waals surface area contributed by atoms with Crippen LogP contribution >= 0.6 is 0 Å². The topological polar surface area (TPSA) is 89.8 Å². The second-order valence-electron chi connectivity index (χ2n) is 16.2. The van der Waals surface area contributed by atoms with Gasteiger partial charge in [0.15, 0.2) is 0 Å². The van der Waals surface area contributed by atoms with Gasteiger partial charge in [-0.05, 0) is 111 Å². The molecule has 1 amide bonds. The molecule has 6 heteroatoms. The van der Waals surface area contributed by atoms with E-state index in [1.54, 1.807) is 0 Å². The minimum atomic E-state index is -0.365. The average molecular weight is 578 g/mol. The van der Waals surface area contributed by atoms with Crippen LogP contribution in [0.2, 0.25) is 0 Å². The van der Waals surface area contributed by atoms with Gasteiger partial charge in [-0.3, -0.25) is 4.79 Å². The van der Waals surface area contributed by atoms with Gasteiger partial charge < -0.3 is 25.1 Å². The van der Waals surface area contributed by atoms with Crippen LogP contribution in [-0.2, 0) is 4.79 Å². The van der Waals surface area contributed by atoms with E-state index in [0.717, 1.165) is 75.4 Å². The van der Waals surface area contributed by atoms with Crippen LogP contribution in [0.4, 0.5) is 0 Å². The lowest BCUT2D eigenvalue weighted by atomic mass is 9.43. The third-order valence-corrected chi connectivity index (χ3v) is 13.2. The maximum Gasteiger partial charge on any atom is 0.220 e. The van der Waals surface area contributed by atoms with E-state index in [9.17, 15) is 20.1 Å². The Morgan fingerprint density at radius 1 is 0.951 bits per heavy atom. The zero-order valence-electron chi connectivity index (χ0n) is 27.4. The zero-order valence-corrected chi connectivity index (χ0v) is 27.4. The monoisotopic (exact) mass is 577 g/mol. The summed E-state index contributed by atoms with van der Waals surface area (Å²) in [6, 6.07) is 0. The van der Waals surface area contributed by atoms with Gasteiger partial charge in [0.05, 0.1) is 45.5 Å². The van der Waals surface area contributed by atoms with Gasteiger partial charge >= 0.3 is 0 Å². The summed E-state index contributed by atoms with van der Waals surface area (Å²) >= 11 is 0. The van der Waals surface area contributed by atoms with Crippen LogP contribution in [0.3, 0.4) is 0 Å². The van der Waals surface area contributed by atoms with E-state index in [1.807, 2.05) is 0 Å².